The Morgan fingerprint density at radius 1 is 1.09 bits per heavy atom. The molecule has 0 aliphatic heterocycles. The van der Waals surface area contributed by atoms with Crippen molar-refractivity contribution in [3.05, 3.63) is 42.5 Å². The highest BCUT2D eigenvalue weighted by Gasteiger charge is 2.31. The van der Waals surface area contributed by atoms with E-state index in [4.69, 9.17) is 9.47 Å². The van der Waals surface area contributed by atoms with E-state index in [0.717, 1.165) is 23.9 Å². The van der Waals surface area contributed by atoms with Gasteiger partial charge in [0, 0.05) is 11.8 Å². The third-order valence-corrected chi connectivity index (χ3v) is 5.09. The second-order valence-corrected chi connectivity index (χ2v) is 7.54. The molecule has 0 bridgehead atoms. The van der Waals surface area contributed by atoms with Crippen molar-refractivity contribution in [2.75, 3.05) is 19.5 Å². The fourth-order valence-corrected chi connectivity index (χ4v) is 3.38. The number of halogens is 3. The van der Waals surface area contributed by atoms with Gasteiger partial charge in [-0.15, -0.1) is 18.3 Å². The van der Waals surface area contributed by atoms with Gasteiger partial charge in [0.1, 0.15) is 5.75 Å². The van der Waals surface area contributed by atoms with Crippen molar-refractivity contribution in [1.82, 2.24) is 20.2 Å². The van der Waals surface area contributed by atoms with Gasteiger partial charge in [0.25, 0.3) is 0 Å². The van der Waals surface area contributed by atoms with Crippen LogP contribution in [0.2, 0.25) is 0 Å². The summed E-state index contributed by atoms with van der Waals surface area (Å²) in [6, 6.07) is 10.00. The summed E-state index contributed by atoms with van der Waals surface area (Å²) in [6.45, 7) is 1.67. The summed E-state index contributed by atoms with van der Waals surface area (Å²) in [6.07, 6.45) is -4.78. The first-order chi connectivity index (χ1) is 15.2. The van der Waals surface area contributed by atoms with Crippen molar-refractivity contribution in [3.63, 3.8) is 0 Å². The molecule has 0 fully saturated rings. The zero-order valence-corrected chi connectivity index (χ0v) is 17.9. The number of tetrazole rings is 1. The van der Waals surface area contributed by atoms with Crippen LogP contribution in [-0.4, -0.2) is 51.9 Å². The van der Waals surface area contributed by atoms with Gasteiger partial charge in [0.05, 0.1) is 25.2 Å². The number of carbonyl (C=O) groups excluding carboxylic acids is 1. The molecular weight excluding hydrogens is 451 g/mol. The van der Waals surface area contributed by atoms with Crippen LogP contribution < -0.4 is 19.5 Å². The molecule has 1 N–H and O–H groups in total. The maximum Gasteiger partial charge on any atom is 0.573 e. The Morgan fingerprint density at radius 3 is 2.41 bits per heavy atom. The van der Waals surface area contributed by atoms with E-state index in [-0.39, 0.29) is 16.8 Å². The first-order valence-corrected chi connectivity index (χ1v) is 9.92. The van der Waals surface area contributed by atoms with E-state index in [2.05, 4.69) is 25.6 Å². The molecule has 1 amide bonds. The average molecular weight is 469 g/mol. The van der Waals surface area contributed by atoms with Crippen LogP contribution in [0.25, 0.3) is 5.69 Å². The maximum absolute atomic E-state index is 12.6. The van der Waals surface area contributed by atoms with E-state index in [1.807, 2.05) is 0 Å². The molecule has 2 aromatic carbocycles. The van der Waals surface area contributed by atoms with Crippen LogP contribution in [0.4, 0.5) is 18.9 Å². The van der Waals surface area contributed by atoms with Crippen molar-refractivity contribution in [3.8, 4) is 22.9 Å². The van der Waals surface area contributed by atoms with E-state index in [1.54, 1.807) is 25.1 Å². The van der Waals surface area contributed by atoms with Gasteiger partial charge in [-0.3, -0.25) is 4.79 Å². The number of nitrogens with one attached hydrogen (secondary N) is 1. The van der Waals surface area contributed by atoms with Crippen LogP contribution in [0.15, 0.2) is 47.6 Å². The molecule has 170 valence electrons. The van der Waals surface area contributed by atoms with Gasteiger partial charge in [-0.25, -0.2) is 0 Å². The number of aromatic nitrogens is 4. The highest BCUT2D eigenvalue weighted by Crippen LogP contribution is 2.31. The quantitative estimate of drug-likeness (QED) is 0.499. The van der Waals surface area contributed by atoms with E-state index in [1.165, 1.54) is 31.0 Å². The van der Waals surface area contributed by atoms with E-state index in [0.29, 0.717) is 22.9 Å². The van der Waals surface area contributed by atoms with Gasteiger partial charge in [-0.2, -0.15) is 4.68 Å². The minimum absolute atomic E-state index is 0.282. The van der Waals surface area contributed by atoms with E-state index in [9.17, 15) is 18.0 Å². The normalized spacial score (nSPS) is 12.2. The SMILES string of the molecule is COc1ccc(NC(=O)C(C)Sc2nnnn2-c2ccc(OC(F)(F)F)cc2)cc1OC. The fraction of sp³-hybridized carbons (Fsp3) is 0.263. The Kier molecular flexibility index (Phi) is 7.08. The minimum atomic E-state index is -4.78. The number of hydrogen-bond donors (Lipinski definition) is 1. The monoisotopic (exact) mass is 469 g/mol. The van der Waals surface area contributed by atoms with E-state index >= 15 is 0 Å². The number of rotatable bonds is 8. The number of nitrogens with zero attached hydrogens (tertiary/aromatic N) is 4. The summed E-state index contributed by atoms with van der Waals surface area (Å²) >= 11 is 1.08. The number of ether oxygens (including phenoxy) is 3. The fourth-order valence-electron chi connectivity index (χ4n) is 2.57. The minimum Gasteiger partial charge on any atom is -0.493 e. The van der Waals surface area contributed by atoms with Crippen molar-refractivity contribution in [2.45, 2.75) is 23.7 Å². The molecule has 3 aromatic rings. The predicted molar refractivity (Wildman–Crippen MR) is 109 cm³/mol. The van der Waals surface area contributed by atoms with Crippen molar-refractivity contribution in [2.24, 2.45) is 0 Å². The molecule has 0 aliphatic carbocycles. The standard InChI is InChI=1S/C19H18F3N5O4S/c1-11(17(28)23-12-4-9-15(29-2)16(10-12)30-3)32-18-24-25-26-27(18)13-5-7-14(8-6-13)31-19(20,21)22/h4-11H,1-3H3,(H,23,28). The number of carbonyl (C=O) groups is 1. The number of amides is 1. The summed E-state index contributed by atoms with van der Waals surface area (Å²) in [5, 5.41) is 13.8. The van der Waals surface area contributed by atoms with Crippen molar-refractivity contribution in [1.29, 1.82) is 0 Å². The Balaban J connectivity index is 1.68. The van der Waals surface area contributed by atoms with Gasteiger partial charge >= 0.3 is 6.36 Å². The Labute approximate surface area is 184 Å². The molecular formula is C19H18F3N5O4S. The molecule has 3 rings (SSSR count). The smallest absolute Gasteiger partial charge is 0.493 e. The lowest BCUT2D eigenvalue weighted by Gasteiger charge is -2.14. The zero-order chi connectivity index (χ0) is 23.3. The van der Waals surface area contributed by atoms with Gasteiger partial charge in [0.15, 0.2) is 11.5 Å². The number of alkyl halides is 3. The third-order valence-electron chi connectivity index (χ3n) is 4.06. The molecule has 1 heterocycles. The second kappa shape index (κ2) is 9.77. The highest BCUT2D eigenvalue weighted by atomic mass is 32.2. The lowest BCUT2D eigenvalue weighted by molar-refractivity contribution is -0.274. The topological polar surface area (TPSA) is 100 Å². The summed E-state index contributed by atoms with van der Waals surface area (Å²) in [5.74, 6) is 0.308. The maximum atomic E-state index is 12.6. The molecule has 1 atom stereocenters. The molecule has 32 heavy (non-hydrogen) atoms. The molecule has 0 saturated heterocycles. The van der Waals surface area contributed by atoms with Gasteiger partial charge in [0.2, 0.25) is 11.1 Å². The van der Waals surface area contributed by atoms with Gasteiger partial charge < -0.3 is 19.5 Å². The molecule has 0 spiro atoms. The van der Waals surface area contributed by atoms with Crippen molar-refractivity contribution >= 4 is 23.4 Å². The molecule has 1 aromatic heterocycles. The Morgan fingerprint density at radius 2 is 1.78 bits per heavy atom. The Hall–Kier alpha value is -3.48. The van der Waals surface area contributed by atoms with Crippen LogP contribution in [0.3, 0.4) is 0 Å². The predicted octanol–water partition coefficient (Wildman–Crippen LogP) is 3.70. The number of thioether (sulfide) groups is 1. The number of hydrogen-bond acceptors (Lipinski definition) is 8. The molecule has 1 unspecified atom stereocenters. The highest BCUT2D eigenvalue weighted by molar-refractivity contribution is 8.00. The summed E-state index contributed by atoms with van der Waals surface area (Å²) in [7, 11) is 3.00. The van der Waals surface area contributed by atoms with Crippen LogP contribution in [0, 0.1) is 0 Å². The Bertz CT molecular complexity index is 1080. The summed E-state index contributed by atoms with van der Waals surface area (Å²) in [4.78, 5) is 12.6. The lowest BCUT2D eigenvalue weighted by atomic mass is 10.2. The molecule has 0 aliphatic rings. The first-order valence-electron chi connectivity index (χ1n) is 9.04. The first kappa shape index (κ1) is 23.2. The second-order valence-electron chi connectivity index (χ2n) is 6.23. The number of anilines is 1. The summed E-state index contributed by atoms with van der Waals surface area (Å²) in [5.41, 5.74) is 0.916. The third kappa shape index (κ3) is 5.81. The number of methoxy groups -OCH3 is 2. The zero-order valence-electron chi connectivity index (χ0n) is 17.1. The van der Waals surface area contributed by atoms with E-state index < -0.39 is 11.6 Å². The van der Waals surface area contributed by atoms with Crippen molar-refractivity contribution < 1.29 is 32.2 Å². The van der Waals surface area contributed by atoms with Gasteiger partial charge in [-0.05, 0) is 53.7 Å². The van der Waals surface area contributed by atoms with Gasteiger partial charge in [-0.1, -0.05) is 11.8 Å². The number of benzene rings is 2. The average Bonchev–Trinajstić information content (AvgIpc) is 3.21. The largest absolute Gasteiger partial charge is 0.573 e. The van der Waals surface area contributed by atoms with Crippen LogP contribution in [-0.2, 0) is 4.79 Å². The summed E-state index contributed by atoms with van der Waals surface area (Å²) < 4.78 is 52.5. The molecule has 0 saturated carbocycles. The molecule has 13 heteroatoms. The van der Waals surface area contributed by atoms with Crippen LogP contribution in [0.5, 0.6) is 17.2 Å². The van der Waals surface area contributed by atoms with Crippen LogP contribution in [0.1, 0.15) is 6.92 Å². The molecule has 0 radical (unpaired) electrons. The van der Waals surface area contributed by atoms with Crippen LogP contribution >= 0.6 is 11.8 Å². The molecule has 9 nitrogen and oxygen atoms in total. The lowest BCUT2D eigenvalue weighted by Crippen LogP contribution is -2.23.